The van der Waals surface area contributed by atoms with E-state index in [2.05, 4.69) is 30.6 Å². The molecular formula is C20H21N7O2S. The Bertz CT molecular complexity index is 1160. The molecule has 0 radical (unpaired) electrons. The van der Waals surface area contributed by atoms with Crippen LogP contribution >= 0.6 is 11.3 Å². The molecule has 0 aliphatic heterocycles. The number of hydrogen-bond donors (Lipinski definition) is 1. The molecule has 2 atom stereocenters. The van der Waals surface area contributed by atoms with Crippen molar-refractivity contribution in [2.45, 2.75) is 25.8 Å². The summed E-state index contributed by atoms with van der Waals surface area (Å²) in [6, 6.07) is 7.70. The van der Waals surface area contributed by atoms with Crippen molar-refractivity contribution in [1.29, 1.82) is 0 Å². The first-order valence-electron chi connectivity index (χ1n) is 9.70. The molecule has 4 aromatic rings. The van der Waals surface area contributed by atoms with Gasteiger partial charge in [0.15, 0.2) is 5.65 Å². The molecule has 154 valence electrons. The third-order valence-electron chi connectivity index (χ3n) is 5.07. The highest BCUT2D eigenvalue weighted by atomic mass is 32.1. The Labute approximate surface area is 177 Å². The van der Waals surface area contributed by atoms with Gasteiger partial charge in [0, 0.05) is 29.7 Å². The summed E-state index contributed by atoms with van der Waals surface area (Å²) in [4.78, 5) is 9.05. The molecule has 1 aliphatic rings. The zero-order chi connectivity index (χ0) is 20.5. The Kier molecular flexibility index (Phi) is 4.91. The summed E-state index contributed by atoms with van der Waals surface area (Å²) in [7, 11) is 1.65. The fraction of sp³-hybridized carbons (Fsp3) is 0.350. The molecule has 2 unspecified atom stereocenters. The van der Waals surface area contributed by atoms with E-state index in [0.717, 1.165) is 39.3 Å². The van der Waals surface area contributed by atoms with Gasteiger partial charge in [-0.1, -0.05) is 11.3 Å². The maximum atomic E-state index is 6.03. The van der Waals surface area contributed by atoms with Crippen molar-refractivity contribution >= 4 is 22.8 Å². The predicted octanol–water partition coefficient (Wildman–Crippen LogP) is 3.09. The summed E-state index contributed by atoms with van der Waals surface area (Å²) >= 11 is 1.57. The van der Waals surface area contributed by atoms with Crippen LogP contribution in [0.1, 0.15) is 28.0 Å². The summed E-state index contributed by atoms with van der Waals surface area (Å²) in [6.45, 7) is 3.11. The first kappa shape index (κ1) is 18.7. The lowest BCUT2D eigenvalue weighted by Crippen LogP contribution is -2.08. The molecule has 0 aromatic carbocycles. The van der Waals surface area contributed by atoms with Gasteiger partial charge in [0.25, 0.3) is 0 Å². The SMILES string of the molecule is COc1ccc(C2CC2COc2cc(NCc3nnc(C)s3)n3nccc3n2)nc1. The average Bonchev–Trinajstić information content (AvgIpc) is 3.16. The molecule has 30 heavy (non-hydrogen) atoms. The van der Waals surface area contributed by atoms with Crippen LogP contribution in [-0.4, -0.2) is 43.5 Å². The van der Waals surface area contributed by atoms with E-state index in [0.29, 0.717) is 30.9 Å². The lowest BCUT2D eigenvalue weighted by molar-refractivity contribution is 0.286. The van der Waals surface area contributed by atoms with Crippen molar-refractivity contribution in [3.05, 3.63) is 52.4 Å². The maximum Gasteiger partial charge on any atom is 0.219 e. The molecule has 9 nitrogen and oxygen atoms in total. The Balaban J connectivity index is 1.24. The van der Waals surface area contributed by atoms with Crippen LogP contribution in [0.15, 0.2) is 36.7 Å². The van der Waals surface area contributed by atoms with E-state index >= 15 is 0 Å². The quantitative estimate of drug-likeness (QED) is 0.462. The normalized spacial score (nSPS) is 17.8. The monoisotopic (exact) mass is 423 g/mol. The highest BCUT2D eigenvalue weighted by molar-refractivity contribution is 7.11. The first-order valence-corrected chi connectivity index (χ1v) is 10.5. The number of anilines is 1. The molecule has 1 N–H and O–H groups in total. The van der Waals surface area contributed by atoms with Gasteiger partial charge in [-0.05, 0) is 25.5 Å². The molecule has 0 bridgehead atoms. The predicted molar refractivity (Wildman–Crippen MR) is 112 cm³/mol. The Morgan fingerprint density at radius 1 is 1.27 bits per heavy atom. The minimum Gasteiger partial charge on any atom is -0.495 e. The Hall–Kier alpha value is -3.27. The van der Waals surface area contributed by atoms with Crippen LogP contribution in [0.5, 0.6) is 11.6 Å². The molecule has 4 aromatic heterocycles. The zero-order valence-corrected chi connectivity index (χ0v) is 17.5. The zero-order valence-electron chi connectivity index (χ0n) is 16.6. The van der Waals surface area contributed by atoms with Gasteiger partial charge in [-0.2, -0.15) is 14.6 Å². The van der Waals surface area contributed by atoms with Gasteiger partial charge < -0.3 is 14.8 Å². The molecule has 1 saturated carbocycles. The molecule has 0 amide bonds. The number of ether oxygens (including phenoxy) is 2. The second-order valence-electron chi connectivity index (χ2n) is 7.19. The van der Waals surface area contributed by atoms with Crippen LogP contribution in [0.3, 0.4) is 0 Å². The molecule has 1 aliphatic carbocycles. The van der Waals surface area contributed by atoms with Crippen LogP contribution in [-0.2, 0) is 6.54 Å². The van der Waals surface area contributed by atoms with Crippen molar-refractivity contribution < 1.29 is 9.47 Å². The minimum atomic E-state index is 0.424. The lowest BCUT2D eigenvalue weighted by atomic mass is 10.2. The van der Waals surface area contributed by atoms with Crippen LogP contribution in [0.25, 0.3) is 5.65 Å². The van der Waals surface area contributed by atoms with Gasteiger partial charge in [-0.3, -0.25) is 4.98 Å². The first-order chi connectivity index (χ1) is 14.7. The van der Waals surface area contributed by atoms with Crippen LogP contribution in [0.4, 0.5) is 5.82 Å². The number of aryl methyl sites for hydroxylation is 1. The number of nitrogens with zero attached hydrogens (tertiary/aromatic N) is 6. The van der Waals surface area contributed by atoms with E-state index < -0.39 is 0 Å². The highest BCUT2D eigenvalue weighted by Gasteiger charge is 2.40. The summed E-state index contributed by atoms with van der Waals surface area (Å²) < 4.78 is 13.0. The van der Waals surface area contributed by atoms with E-state index in [1.807, 2.05) is 31.2 Å². The molecular weight excluding hydrogens is 402 g/mol. The third-order valence-corrected chi connectivity index (χ3v) is 5.91. The minimum absolute atomic E-state index is 0.424. The number of methoxy groups -OCH3 is 1. The van der Waals surface area contributed by atoms with Crippen LogP contribution < -0.4 is 14.8 Å². The Morgan fingerprint density at radius 2 is 2.20 bits per heavy atom. The fourth-order valence-electron chi connectivity index (χ4n) is 3.38. The average molecular weight is 424 g/mol. The molecule has 4 heterocycles. The van der Waals surface area contributed by atoms with E-state index in [-0.39, 0.29) is 0 Å². The second kappa shape index (κ2) is 7.86. The largest absolute Gasteiger partial charge is 0.495 e. The van der Waals surface area contributed by atoms with Crippen molar-refractivity contribution in [2.75, 3.05) is 19.0 Å². The number of fused-ring (bicyclic) bond motifs is 1. The molecule has 0 saturated heterocycles. The number of aromatic nitrogens is 6. The summed E-state index contributed by atoms with van der Waals surface area (Å²) in [5.74, 6) is 3.01. The summed E-state index contributed by atoms with van der Waals surface area (Å²) in [5, 5.41) is 17.8. The van der Waals surface area contributed by atoms with Gasteiger partial charge in [-0.25, -0.2) is 0 Å². The lowest BCUT2D eigenvalue weighted by Gasteiger charge is -2.10. The van der Waals surface area contributed by atoms with Gasteiger partial charge >= 0.3 is 0 Å². The van der Waals surface area contributed by atoms with Crippen LogP contribution in [0, 0.1) is 12.8 Å². The number of nitrogens with one attached hydrogen (secondary N) is 1. The van der Waals surface area contributed by atoms with E-state index in [4.69, 9.17) is 9.47 Å². The number of pyridine rings is 1. The Morgan fingerprint density at radius 3 is 2.97 bits per heavy atom. The summed E-state index contributed by atoms with van der Waals surface area (Å²) in [6.07, 6.45) is 4.55. The van der Waals surface area contributed by atoms with Gasteiger partial charge in [0.05, 0.1) is 32.7 Å². The maximum absolute atomic E-state index is 6.03. The van der Waals surface area contributed by atoms with Crippen molar-refractivity contribution in [3.8, 4) is 11.6 Å². The second-order valence-corrected chi connectivity index (χ2v) is 8.45. The highest BCUT2D eigenvalue weighted by Crippen LogP contribution is 2.46. The van der Waals surface area contributed by atoms with Gasteiger partial charge in [0.2, 0.25) is 5.88 Å². The topological polar surface area (TPSA) is 99.4 Å². The molecule has 0 spiro atoms. The fourth-order valence-corrected chi connectivity index (χ4v) is 4.03. The number of rotatable bonds is 8. The van der Waals surface area contributed by atoms with E-state index in [1.165, 1.54) is 0 Å². The van der Waals surface area contributed by atoms with Crippen molar-refractivity contribution in [1.82, 2.24) is 29.8 Å². The third kappa shape index (κ3) is 3.90. The molecule has 1 fully saturated rings. The summed E-state index contributed by atoms with van der Waals surface area (Å²) in [5.41, 5.74) is 1.81. The van der Waals surface area contributed by atoms with Crippen molar-refractivity contribution in [2.24, 2.45) is 5.92 Å². The molecule has 10 heteroatoms. The smallest absolute Gasteiger partial charge is 0.219 e. The van der Waals surface area contributed by atoms with E-state index in [1.54, 1.807) is 35.4 Å². The van der Waals surface area contributed by atoms with Crippen LogP contribution in [0.2, 0.25) is 0 Å². The number of hydrogen-bond acceptors (Lipinski definition) is 9. The van der Waals surface area contributed by atoms with Gasteiger partial charge in [-0.15, -0.1) is 10.2 Å². The van der Waals surface area contributed by atoms with Gasteiger partial charge in [0.1, 0.15) is 21.6 Å². The van der Waals surface area contributed by atoms with E-state index in [9.17, 15) is 0 Å². The standard InChI is InChI=1S/C20H21N7O2S/c1-12-25-26-20(30-12)10-22-18-8-19(24-17-5-6-23-27(17)18)29-11-13-7-15(13)16-4-3-14(28-2)9-21-16/h3-6,8-9,13,15,22H,7,10-11H2,1-2H3. The van der Waals surface area contributed by atoms with Crippen molar-refractivity contribution in [3.63, 3.8) is 0 Å². The molecule has 5 rings (SSSR count).